The molecule has 0 bridgehead atoms. The first-order valence-corrected chi connectivity index (χ1v) is 51.7. The molecule has 0 saturated carbocycles. The number of unbranched alkanes of at least 4 members (excludes halogenated alkanes) is 57. The molecule has 0 radical (unpaired) electrons. The molecule has 3 N–H and O–H groups in total. The molecule has 0 amide bonds. The number of hydrogen-bond donors (Lipinski definition) is 3. The van der Waals surface area contributed by atoms with Gasteiger partial charge in [0, 0.05) is 25.7 Å². The number of rotatable bonds is 92. The van der Waals surface area contributed by atoms with Crippen molar-refractivity contribution >= 4 is 39.5 Å². The first-order chi connectivity index (χ1) is 55.1. The summed E-state index contributed by atoms with van der Waals surface area (Å²) in [5, 5.41) is 10.7. The summed E-state index contributed by atoms with van der Waals surface area (Å²) in [6, 6.07) is 0. The van der Waals surface area contributed by atoms with Gasteiger partial charge in [-0.15, -0.1) is 0 Å². The van der Waals surface area contributed by atoms with Gasteiger partial charge in [-0.05, 0) is 49.4 Å². The van der Waals surface area contributed by atoms with Crippen LogP contribution in [-0.2, 0) is 65.4 Å². The summed E-state index contributed by atoms with van der Waals surface area (Å²) in [6.07, 6.45) is 76.7. The van der Waals surface area contributed by atoms with E-state index in [1.165, 1.54) is 302 Å². The van der Waals surface area contributed by atoms with Gasteiger partial charge in [-0.2, -0.15) is 0 Å². The van der Waals surface area contributed by atoms with Gasteiger partial charge in [-0.25, -0.2) is 9.13 Å². The lowest BCUT2D eigenvalue weighted by atomic mass is 9.99. The SMILES string of the molecule is CCC(C)CCCCCCCCCCCCCCCCCCCCC(=O)OC[C@H](COP(=O)(O)OCC(O)COP(=O)(O)OC[C@@H](COC(=O)CCCCCCCCCC(C)C)OC(=O)CCCCCCCCCCCCCCCCCCCCC(C)C)OC(=O)CCCCCCCCCCCCCCCCCCCCC(C)C. The van der Waals surface area contributed by atoms with Gasteiger partial charge in [0.25, 0.3) is 0 Å². The van der Waals surface area contributed by atoms with Gasteiger partial charge < -0.3 is 33.8 Å². The van der Waals surface area contributed by atoms with E-state index in [1.54, 1.807) is 0 Å². The molecule has 0 saturated heterocycles. The summed E-state index contributed by atoms with van der Waals surface area (Å²) < 4.78 is 69.1. The van der Waals surface area contributed by atoms with E-state index in [0.29, 0.717) is 31.6 Å². The summed E-state index contributed by atoms with van der Waals surface area (Å²) in [6.45, 7) is 14.4. The molecule has 0 rings (SSSR count). The monoisotopic (exact) mass is 1660 g/mol. The fourth-order valence-corrected chi connectivity index (χ4v) is 16.5. The number of esters is 4. The predicted molar refractivity (Wildman–Crippen MR) is 474 cm³/mol. The van der Waals surface area contributed by atoms with E-state index < -0.39 is 97.5 Å². The molecule has 0 aliphatic heterocycles. The van der Waals surface area contributed by atoms with Crippen LogP contribution < -0.4 is 0 Å². The number of carbonyl (C=O) groups excluding carboxylic acids is 4. The smallest absolute Gasteiger partial charge is 0.462 e. The molecular weight excluding hydrogens is 1470 g/mol. The summed E-state index contributed by atoms with van der Waals surface area (Å²) >= 11 is 0. The minimum Gasteiger partial charge on any atom is -0.462 e. The summed E-state index contributed by atoms with van der Waals surface area (Å²) in [5.74, 6) is 1.12. The molecule has 0 heterocycles. The van der Waals surface area contributed by atoms with Gasteiger partial charge in [0.05, 0.1) is 26.4 Å². The van der Waals surface area contributed by atoms with Crippen molar-refractivity contribution in [1.82, 2.24) is 0 Å². The molecule has 0 aromatic rings. The summed E-state index contributed by atoms with van der Waals surface area (Å²) in [5.41, 5.74) is 0. The van der Waals surface area contributed by atoms with Crippen LogP contribution in [0.3, 0.4) is 0 Å². The van der Waals surface area contributed by atoms with Crippen molar-refractivity contribution in [1.29, 1.82) is 0 Å². The molecule has 4 unspecified atom stereocenters. The number of aliphatic hydroxyl groups is 1. The van der Waals surface area contributed by atoms with Crippen LogP contribution in [0.25, 0.3) is 0 Å². The standard InChI is InChI=1S/C95H186O17P2/c1-9-88(8)74-66-58-50-42-36-30-24-18-12-15-19-25-31-37-43-51-59-67-75-92(97)105-81-90(111-94(99)77-69-61-52-44-38-32-26-20-13-10-16-22-28-34-40-47-55-63-71-85(2)3)83-109-113(101,102)107-79-89(96)80-108-114(103,104)110-84-91(82-106-93(98)76-68-60-54-46-49-57-65-73-87(6)7)112-95(100)78-70-62-53-45-39-33-27-21-14-11-17-23-29-35-41-48-56-64-72-86(4)5/h85-91,96H,9-84H2,1-8H3,(H,101,102)(H,103,104)/t88?,89?,90-,91-/m1/s1. The topological polar surface area (TPSA) is 237 Å². The number of phosphoric acid groups is 2. The Kier molecular flexibility index (Phi) is 81.9. The molecule has 678 valence electrons. The molecule has 0 aromatic carbocycles. The zero-order valence-electron chi connectivity index (χ0n) is 75.7. The highest BCUT2D eigenvalue weighted by molar-refractivity contribution is 7.47. The van der Waals surface area contributed by atoms with Gasteiger partial charge in [0.15, 0.2) is 12.2 Å². The highest BCUT2D eigenvalue weighted by atomic mass is 31.2. The Morgan fingerprint density at radius 2 is 0.421 bits per heavy atom. The average Bonchev–Trinajstić information content (AvgIpc) is 0.898. The van der Waals surface area contributed by atoms with E-state index in [4.69, 9.17) is 37.0 Å². The minimum absolute atomic E-state index is 0.108. The molecule has 0 aliphatic carbocycles. The Morgan fingerprint density at radius 3 is 0.623 bits per heavy atom. The molecule has 19 heteroatoms. The normalized spacial score (nSPS) is 14.0. The van der Waals surface area contributed by atoms with Gasteiger partial charge >= 0.3 is 39.5 Å². The Hall–Kier alpha value is -1.94. The molecule has 17 nitrogen and oxygen atoms in total. The quantitative estimate of drug-likeness (QED) is 0.0222. The van der Waals surface area contributed by atoms with Crippen molar-refractivity contribution in [2.75, 3.05) is 39.6 Å². The van der Waals surface area contributed by atoms with Crippen molar-refractivity contribution in [2.45, 2.75) is 523 Å². The summed E-state index contributed by atoms with van der Waals surface area (Å²) in [4.78, 5) is 73.5. The van der Waals surface area contributed by atoms with Crippen LogP contribution >= 0.6 is 15.6 Å². The highest BCUT2D eigenvalue weighted by Crippen LogP contribution is 2.45. The predicted octanol–water partition coefficient (Wildman–Crippen LogP) is 29.5. The molecule has 0 fully saturated rings. The maximum absolute atomic E-state index is 13.2. The molecular formula is C95H186O17P2. The third-order valence-corrected chi connectivity index (χ3v) is 24.6. The lowest BCUT2D eigenvalue weighted by Crippen LogP contribution is -2.30. The van der Waals surface area contributed by atoms with E-state index in [0.717, 1.165) is 114 Å². The van der Waals surface area contributed by atoms with Crippen molar-refractivity contribution in [3.8, 4) is 0 Å². The van der Waals surface area contributed by atoms with Gasteiger partial charge in [-0.3, -0.25) is 37.3 Å². The Morgan fingerprint density at radius 1 is 0.246 bits per heavy atom. The number of hydrogen-bond acceptors (Lipinski definition) is 15. The van der Waals surface area contributed by atoms with Crippen molar-refractivity contribution < 1.29 is 80.2 Å². The van der Waals surface area contributed by atoms with Gasteiger partial charge in [0.2, 0.25) is 0 Å². The second kappa shape index (κ2) is 83.3. The molecule has 114 heavy (non-hydrogen) atoms. The van der Waals surface area contributed by atoms with E-state index >= 15 is 0 Å². The van der Waals surface area contributed by atoms with Gasteiger partial charge in [-0.1, -0.05) is 453 Å². The average molecular weight is 1660 g/mol. The van der Waals surface area contributed by atoms with E-state index in [1.807, 2.05) is 0 Å². The van der Waals surface area contributed by atoms with Crippen molar-refractivity contribution in [3.63, 3.8) is 0 Å². The number of aliphatic hydroxyl groups excluding tert-OH is 1. The van der Waals surface area contributed by atoms with Crippen molar-refractivity contribution in [2.24, 2.45) is 23.7 Å². The van der Waals surface area contributed by atoms with Crippen molar-refractivity contribution in [3.05, 3.63) is 0 Å². The zero-order chi connectivity index (χ0) is 83.7. The third kappa shape index (κ3) is 86.4. The number of phosphoric ester groups is 2. The first-order valence-electron chi connectivity index (χ1n) is 48.7. The van der Waals surface area contributed by atoms with Crippen LogP contribution in [0.15, 0.2) is 0 Å². The van der Waals surface area contributed by atoms with E-state index in [-0.39, 0.29) is 25.7 Å². The van der Waals surface area contributed by atoms with Crippen LogP contribution in [0.1, 0.15) is 505 Å². The van der Waals surface area contributed by atoms with E-state index in [2.05, 4.69) is 55.4 Å². The lowest BCUT2D eigenvalue weighted by molar-refractivity contribution is -0.161. The lowest BCUT2D eigenvalue weighted by Gasteiger charge is -2.21. The van der Waals surface area contributed by atoms with Crippen LogP contribution in [0.4, 0.5) is 0 Å². The zero-order valence-corrected chi connectivity index (χ0v) is 77.5. The molecule has 0 aliphatic rings. The van der Waals surface area contributed by atoms with Crippen LogP contribution in [0, 0.1) is 23.7 Å². The second-order valence-corrected chi connectivity index (χ2v) is 38.7. The van der Waals surface area contributed by atoms with E-state index in [9.17, 15) is 43.2 Å². The number of carbonyl (C=O) groups is 4. The van der Waals surface area contributed by atoms with Crippen LogP contribution in [0.5, 0.6) is 0 Å². The fourth-order valence-electron chi connectivity index (χ4n) is 14.9. The van der Waals surface area contributed by atoms with Crippen LogP contribution in [-0.4, -0.2) is 96.7 Å². The molecule has 6 atom stereocenters. The largest absolute Gasteiger partial charge is 0.472 e. The Labute approximate surface area is 702 Å². The Bertz CT molecular complexity index is 2200. The molecule has 0 spiro atoms. The number of ether oxygens (including phenoxy) is 4. The fraction of sp³-hybridized carbons (Fsp3) is 0.958. The maximum Gasteiger partial charge on any atom is 0.472 e. The maximum atomic E-state index is 13.2. The van der Waals surface area contributed by atoms with Crippen LogP contribution in [0.2, 0.25) is 0 Å². The second-order valence-electron chi connectivity index (χ2n) is 35.8. The Balaban J connectivity index is 5.21. The minimum atomic E-state index is -4.97. The van der Waals surface area contributed by atoms with Gasteiger partial charge in [0.1, 0.15) is 19.3 Å². The summed E-state index contributed by atoms with van der Waals surface area (Å²) in [7, 11) is -9.94. The highest BCUT2D eigenvalue weighted by Gasteiger charge is 2.31. The first kappa shape index (κ1) is 112. The third-order valence-electron chi connectivity index (χ3n) is 22.7. The molecule has 0 aromatic heterocycles.